The summed E-state index contributed by atoms with van der Waals surface area (Å²) in [5.41, 5.74) is 3.34. The Morgan fingerprint density at radius 1 is 0.962 bits per heavy atom. The first-order chi connectivity index (χ1) is 12.7. The fourth-order valence-electron chi connectivity index (χ4n) is 4.28. The van der Waals surface area contributed by atoms with Crippen LogP contribution in [0.4, 0.5) is 5.69 Å². The first-order valence-corrected chi connectivity index (χ1v) is 9.46. The van der Waals surface area contributed by atoms with E-state index in [0.29, 0.717) is 18.1 Å². The number of rotatable bonds is 4. The summed E-state index contributed by atoms with van der Waals surface area (Å²) in [6, 6.07) is 16.3. The normalized spacial score (nSPS) is 20.7. The molecule has 1 aliphatic carbocycles. The first kappa shape index (κ1) is 17.1. The minimum atomic E-state index is 0.310. The zero-order chi connectivity index (χ0) is 17.9. The average Bonchev–Trinajstić information content (AvgIpc) is 2.69. The Morgan fingerprint density at radius 3 is 2.50 bits per heavy atom. The largest absolute Gasteiger partial charge is 0.495 e. The number of carbonyl (C=O) groups is 1. The molecule has 1 heterocycles. The van der Waals surface area contributed by atoms with Crippen LogP contribution in [0.1, 0.15) is 22.3 Å². The molecule has 26 heavy (non-hydrogen) atoms. The number of methoxy groups -OCH3 is 1. The number of hydrogen-bond donors (Lipinski definition) is 0. The molecule has 1 saturated heterocycles. The van der Waals surface area contributed by atoms with Gasteiger partial charge in [-0.2, -0.15) is 0 Å². The Bertz CT molecular complexity index is 781. The van der Waals surface area contributed by atoms with E-state index in [0.717, 1.165) is 50.5 Å². The molecule has 0 amide bonds. The molecular weight excluding hydrogens is 324 g/mol. The number of benzene rings is 2. The standard InChI is InChI=1S/C22H26N2O2/c1-26-22-9-5-4-8-20(22)24-12-10-23(11-13-24)16-17-14-18-6-2-3-7-19(18)21(25)15-17/h2-9,17H,10-16H2,1H3. The lowest BCUT2D eigenvalue weighted by Crippen LogP contribution is -2.48. The van der Waals surface area contributed by atoms with Crippen molar-refractivity contribution in [3.8, 4) is 5.75 Å². The first-order valence-electron chi connectivity index (χ1n) is 9.46. The number of Topliss-reactive ketones (excluding diaryl/α,β-unsaturated/α-hetero) is 1. The van der Waals surface area contributed by atoms with Crippen molar-refractivity contribution >= 4 is 11.5 Å². The molecular formula is C22H26N2O2. The second-order valence-electron chi connectivity index (χ2n) is 7.31. The van der Waals surface area contributed by atoms with Gasteiger partial charge in [0, 0.05) is 44.7 Å². The molecule has 1 aliphatic heterocycles. The predicted octanol–water partition coefficient (Wildman–Crippen LogP) is 3.26. The molecule has 2 aromatic rings. The van der Waals surface area contributed by atoms with E-state index in [9.17, 15) is 4.79 Å². The second kappa shape index (κ2) is 7.50. The van der Waals surface area contributed by atoms with Crippen LogP contribution < -0.4 is 9.64 Å². The molecule has 0 radical (unpaired) electrons. The summed E-state index contributed by atoms with van der Waals surface area (Å²) in [6.07, 6.45) is 1.71. The number of ketones is 1. The van der Waals surface area contributed by atoms with Crippen molar-refractivity contribution in [1.29, 1.82) is 0 Å². The van der Waals surface area contributed by atoms with Crippen LogP contribution in [0.15, 0.2) is 48.5 Å². The molecule has 1 atom stereocenters. The Kier molecular flexibility index (Phi) is 4.93. The van der Waals surface area contributed by atoms with Gasteiger partial charge in [-0.15, -0.1) is 0 Å². The minimum absolute atomic E-state index is 0.310. The van der Waals surface area contributed by atoms with Gasteiger partial charge in [-0.1, -0.05) is 36.4 Å². The van der Waals surface area contributed by atoms with Gasteiger partial charge in [0.1, 0.15) is 5.75 Å². The summed E-state index contributed by atoms with van der Waals surface area (Å²) in [7, 11) is 1.73. The van der Waals surface area contributed by atoms with Gasteiger partial charge in [0.2, 0.25) is 0 Å². The third kappa shape index (κ3) is 3.47. The lowest BCUT2D eigenvalue weighted by Gasteiger charge is -2.38. The van der Waals surface area contributed by atoms with Crippen LogP contribution in [0.25, 0.3) is 0 Å². The summed E-state index contributed by atoms with van der Waals surface area (Å²) < 4.78 is 5.50. The maximum atomic E-state index is 12.4. The van der Waals surface area contributed by atoms with E-state index in [2.05, 4.69) is 28.0 Å². The van der Waals surface area contributed by atoms with Crippen LogP contribution in [0.2, 0.25) is 0 Å². The fourth-order valence-corrected chi connectivity index (χ4v) is 4.28. The van der Waals surface area contributed by atoms with Crippen molar-refractivity contribution in [1.82, 2.24) is 4.90 Å². The van der Waals surface area contributed by atoms with Gasteiger partial charge in [0.15, 0.2) is 5.78 Å². The minimum Gasteiger partial charge on any atom is -0.495 e. The summed E-state index contributed by atoms with van der Waals surface area (Å²) in [5.74, 6) is 1.69. The molecule has 4 nitrogen and oxygen atoms in total. The zero-order valence-corrected chi connectivity index (χ0v) is 15.4. The van der Waals surface area contributed by atoms with E-state index in [1.54, 1.807) is 7.11 Å². The van der Waals surface area contributed by atoms with E-state index in [1.807, 2.05) is 30.3 Å². The quantitative estimate of drug-likeness (QED) is 0.847. The third-order valence-corrected chi connectivity index (χ3v) is 5.61. The Labute approximate surface area is 155 Å². The van der Waals surface area contributed by atoms with E-state index >= 15 is 0 Å². The van der Waals surface area contributed by atoms with Crippen molar-refractivity contribution in [2.45, 2.75) is 12.8 Å². The van der Waals surface area contributed by atoms with Gasteiger partial charge in [-0.3, -0.25) is 9.69 Å². The number of nitrogens with zero attached hydrogens (tertiary/aromatic N) is 2. The highest BCUT2D eigenvalue weighted by Gasteiger charge is 2.27. The number of hydrogen-bond acceptors (Lipinski definition) is 4. The number of carbonyl (C=O) groups excluding carboxylic acids is 1. The topological polar surface area (TPSA) is 32.8 Å². The smallest absolute Gasteiger partial charge is 0.163 e. The molecule has 1 fully saturated rings. The van der Waals surface area contributed by atoms with Gasteiger partial charge in [-0.25, -0.2) is 0 Å². The number of fused-ring (bicyclic) bond motifs is 1. The molecule has 0 bridgehead atoms. The van der Waals surface area contributed by atoms with E-state index in [-0.39, 0.29) is 0 Å². The summed E-state index contributed by atoms with van der Waals surface area (Å²) in [5, 5.41) is 0. The van der Waals surface area contributed by atoms with E-state index in [1.165, 1.54) is 11.3 Å². The zero-order valence-electron chi connectivity index (χ0n) is 15.4. The number of anilines is 1. The summed E-state index contributed by atoms with van der Waals surface area (Å²) in [6.45, 7) is 5.07. The second-order valence-corrected chi connectivity index (χ2v) is 7.31. The monoisotopic (exact) mass is 350 g/mol. The number of para-hydroxylation sites is 2. The van der Waals surface area contributed by atoms with Crippen molar-refractivity contribution in [2.75, 3.05) is 44.7 Å². The van der Waals surface area contributed by atoms with Gasteiger partial charge in [0.25, 0.3) is 0 Å². The molecule has 0 spiro atoms. The Balaban J connectivity index is 1.35. The van der Waals surface area contributed by atoms with E-state index in [4.69, 9.17) is 4.74 Å². The van der Waals surface area contributed by atoms with Crippen LogP contribution in [0, 0.1) is 5.92 Å². The fraction of sp³-hybridized carbons (Fsp3) is 0.409. The molecule has 0 aromatic heterocycles. The average molecular weight is 350 g/mol. The summed E-state index contributed by atoms with van der Waals surface area (Å²) >= 11 is 0. The molecule has 0 saturated carbocycles. The SMILES string of the molecule is COc1ccccc1N1CCN(CC2CC(=O)c3ccccc3C2)CC1. The lowest BCUT2D eigenvalue weighted by atomic mass is 9.83. The van der Waals surface area contributed by atoms with Gasteiger partial charge in [0.05, 0.1) is 12.8 Å². The molecule has 0 N–H and O–H groups in total. The van der Waals surface area contributed by atoms with Crippen LogP contribution in [-0.2, 0) is 6.42 Å². The van der Waals surface area contributed by atoms with Crippen molar-refractivity contribution < 1.29 is 9.53 Å². The molecule has 2 aromatic carbocycles. The molecule has 2 aliphatic rings. The number of piperazine rings is 1. The summed E-state index contributed by atoms with van der Waals surface area (Å²) in [4.78, 5) is 17.3. The highest BCUT2D eigenvalue weighted by molar-refractivity contribution is 5.98. The van der Waals surface area contributed by atoms with Crippen LogP contribution in [0.5, 0.6) is 5.75 Å². The van der Waals surface area contributed by atoms with Crippen LogP contribution >= 0.6 is 0 Å². The molecule has 4 heteroatoms. The van der Waals surface area contributed by atoms with Crippen molar-refractivity contribution in [2.24, 2.45) is 5.92 Å². The lowest BCUT2D eigenvalue weighted by molar-refractivity contribution is 0.0928. The maximum Gasteiger partial charge on any atom is 0.163 e. The Hall–Kier alpha value is -2.33. The van der Waals surface area contributed by atoms with Crippen LogP contribution in [-0.4, -0.2) is 50.5 Å². The highest BCUT2D eigenvalue weighted by Crippen LogP contribution is 2.29. The molecule has 1 unspecified atom stereocenters. The maximum absolute atomic E-state index is 12.4. The van der Waals surface area contributed by atoms with E-state index < -0.39 is 0 Å². The molecule has 4 rings (SSSR count). The predicted molar refractivity (Wildman–Crippen MR) is 104 cm³/mol. The third-order valence-electron chi connectivity index (χ3n) is 5.61. The van der Waals surface area contributed by atoms with Crippen LogP contribution in [0.3, 0.4) is 0 Å². The Morgan fingerprint density at radius 2 is 1.69 bits per heavy atom. The highest BCUT2D eigenvalue weighted by atomic mass is 16.5. The van der Waals surface area contributed by atoms with Crippen molar-refractivity contribution in [3.63, 3.8) is 0 Å². The van der Waals surface area contributed by atoms with Gasteiger partial charge >= 0.3 is 0 Å². The van der Waals surface area contributed by atoms with Gasteiger partial charge < -0.3 is 9.64 Å². The van der Waals surface area contributed by atoms with Crippen molar-refractivity contribution in [3.05, 3.63) is 59.7 Å². The van der Waals surface area contributed by atoms with Gasteiger partial charge in [-0.05, 0) is 30.0 Å². The number of ether oxygens (including phenoxy) is 1. The molecule has 136 valence electrons.